The highest BCUT2D eigenvalue weighted by Gasteiger charge is 2.13. The fourth-order valence-electron chi connectivity index (χ4n) is 2.65. The molecule has 2 aromatic heterocycles. The average molecular weight is 274 g/mol. The Morgan fingerprint density at radius 2 is 1.81 bits per heavy atom. The lowest BCUT2D eigenvalue weighted by molar-refractivity contribution is 0.216. The van der Waals surface area contributed by atoms with Crippen molar-refractivity contribution in [1.29, 1.82) is 0 Å². The Kier molecular flexibility index (Phi) is 2.72. The van der Waals surface area contributed by atoms with Crippen LogP contribution in [0.4, 0.5) is 0 Å². The largest absolute Gasteiger partial charge is 0.382 e. The van der Waals surface area contributed by atoms with Crippen LogP contribution < -0.4 is 0 Å². The van der Waals surface area contributed by atoms with E-state index in [0.29, 0.717) is 5.69 Å². The van der Waals surface area contributed by atoms with Gasteiger partial charge >= 0.3 is 0 Å². The maximum absolute atomic E-state index is 10.6. The molecule has 0 bridgehead atoms. The summed E-state index contributed by atoms with van der Waals surface area (Å²) in [5.41, 5.74) is 3.49. The van der Waals surface area contributed by atoms with Crippen molar-refractivity contribution in [2.24, 2.45) is 0 Å². The van der Waals surface area contributed by atoms with Gasteiger partial charge in [0.1, 0.15) is 6.10 Å². The first-order valence-electron chi connectivity index (χ1n) is 6.92. The van der Waals surface area contributed by atoms with Crippen molar-refractivity contribution >= 4 is 21.8 Å². The van der Waals surface area contributed by atoms with Crippen molar-refractivity contribution in [2.45, 2.75) is 6.10 Å². The summed E-state index contributed by atoms with van der Waals surface area (Å²) in [5.74, 6) is 0. The van der Waals surface area contributed by atoms with Crippen LogP contribution in [0.2, 0.25) is 0 Å². The summed E-state index contributed by atoms with van der Waals surface area (Å²) in [6, 6.07) is 19.7. The van der Waals surface area contributed by atoms with E-state index in [-0.39, 0.29) is 0 Å². The number of fused-ring (bicyclic) bond motifs is 2. The predicted molar refractivity (Wildman–Crippen MR) is 84.1 cm³/mol. The summed E-state index contributed by atoms with van der Waals surface area (Å²) in [5, 5.41) is 12.7. The Balaban J connectivity index is 1.79. The molecule has 0 spiro atoms. The minimum atomic E-state index is -0.714. The molecule has 0 radical (unpaired) electrons. The second-order valence-corrected chi connectivity index (χ2v) is 5.16. The summed E-state index contributed by atoms with van der Waals surface area (Å²) in [6.07, 6.45) is 1.18. The van der Waals surface area contributed by atoms with Gasteiger partial charge in [-0.05, 0) is 41.3 Å². The minimum absolute atomic E-state index is 0.670. The number of benzene rings is 2. The maximum atomic E-state index is 10.6. The van der Waals surface area contributed by atoms with E-state index in [9.17, 15) is 5.11 Å². The third-order valence-electron chi connectivity index (χ3n) is 3.79. The molecule has 2 heterocycles. The van der Waals surface area contributed by atoms with Gasteiger partial charge < -0.3 is 10.1 Å². The molecule has 2 aromatic carbocycles. The van der Waals surface area contributed by atoms with Crippen molar-refractivity contribution in [2.75, 3.05) is 0 Å². The fraction of sp³-hybridized carbons (Fsp3) is 0.0556. The molecule has 0 aliphatic heterocycles. The predicted octanol–water partition coefficient (Wildman–Crippen LogP) is 3.80. The molecule has 0 saturated heterocycles. The molecule has 4 rings (SSSR count). The molecule has 0 aliphatic rings. The Labute approximate surface area is 121 Å². The van der Waals surface area contributed by atoms with Crippen molar-refractivity contribution in [3.8, 4) is 0 Å². The first-order chi connectivity index (χ1) is 10.3. The monoisotopic (exact) mass is 274 g/mol. The standard InChI is InChI=1S/C18H14N2O/c21-18(14-6-7-15-13(11-14)9-10-19-15)17-8-5-12-3-1-2-4-16(12)20-17/h1-11,18-19,21H. The zero-order valence-corrected chi connectivity index (χ0v) is 11.3. The third kappa shape index (κ3) is 2.08. The number of nitrogens with zero attached hydrogens (tertiary/aromatic N) is 1. The van der Waals surface area contributed by atoms with Crippen LogP contribution in [-0.2, 0) is 0 Å². The Morgan fingerprint density at radius 1 is 0.905 bits per heavy atom. The lowest BCUT2D eigenvalue weighted by atomic mass is 10.0. The van der Waals surface area contributed by atoms with Gasteiger partial charge in [-0.15, -0.1) is 0 Å². The van der Waals surface area contributed by atoms with E-state index in [1.54, 1.807) is 0 Å². The van der Waals surface area contributed by atoms with Crippen LogP contribution >= 0.6 is 0 Å². The van der Waals surface area contributed by atoms with Crippen molar-refractivity contribution < 1.29 is 5.11 Å². The summed E-state index contributed by atoms with van der Waals surface area (Å²) in [6.45, 7) is 0. The number of aromatic amines is 1. The quantitative estimate of drug-likeness (QED) is 0.584. The van der Waals surface area contributed by atoms with Crippen LogP contribution in [0, 0.1) is 0 Å². The molecule has 2 N–H and O–H groups in total. The van der Waals surface area contributed by atoms with Gasteiger partial charge in [-0.2, -0.15) is 0 Å². The topological polar surface area (TPSA) is 48.9 Å². The number of H-pyrrole nitrogens is 1. The van der Waals surface area contributed by atoms with Gasteiger partial charge in [0.15, 0.2) is 0 Å². The van der Waals surface area contributed by atoms with Crippen molar-refractivity contribution in [3.05, 3.63) is 78.1 Å². The first kappa shape index (κ1) is 12.1. The Bertz CT molecular complexity index is 926. The maximum Gasteiger partial charge on any atom is 0.121 e. The average Bonchev–Trinajstić information content (AvgIpc) is 3.01. The second-order valence-electron chi connectivity index (χ2n) is 5.16. The minimum Gasteiger partial charge on any atom is -0.382 e. The molecule has 1 atom stereocenters. The molecule has 0 fully saturated rings. The molecule has 4 aromatic rings. The van der Waals surface area contributed by atoms with E-state index < -0.39 is 6.10 Å². The fourth-order valence-corrected chi connectivity index (χ4v) is 2.65. The van der Waals surface area contributed by atoms with Gasteiger partial charge in [-0.25, -0.2) is 4.98 Å². The molecule has 3 nitrogen and oxygen atoms in total. The molecule has 21 heavy (non-hydrogen) atoms. The SMILES string of the molecule is OC(c1ccc2[nH]ccc2c1)c1ccc2ccccc2n1. The van der Waals surface area contributed by atoms with E-state index in [1.165, 1.54) is 0 Å². The molecular formula is C18H14N2O. The molecule has 0 aliphatic carbocycles. The normalized spacial score (nSPS) is 12.8. The van der Waals surface area contributed by atoms with Crippen LogP contribution in [0.25, 0.3) is 21.8 Å². The van der Waals surface area contributed by atoms with Crippen LogP contribution in [0.1, 0.15) is 17.4 Å². The zero-order valence-electron chi connectivity index (χ0n) is 11.3. The lowest BCUT2D eigenvalue weighted by Gasteiger charge is -2.11. The number of aromatic nitrogens is 2. The summed E-state index contributed by atoms with van der Waals surface area (Å²) in [7, 11) is 0. The number of aliphatic hydroxyl groups excluding tert-OH is 1. The smallest absolute Gasteiger partial charge is 0.121 e. The molecule has 1 unspecified atom stereocenters. The van der Waals surface area contributed by atoms with E-state index in [1.807, 2.05) is 66.9 Å². The van der Waals surface area contributed by atoms with Gasteiger partial charge in [0.25, 0.3) is 0 Å². The van der Waals surface area contributed by atoms with Gasteiger partial charge in [-0.3, -0.25) is 0 Å². The second kappa shape index (κ2) is 4.72. The van der Waals surface area contributed by atoms with Crippen LogP contribution in [0.5, 0.6) is 0 Å². The molecular weight excluding hydrogens is 260 g/mol. The molecule has 3 heteroatoms. The summed E-state index contributed by atoms with van der Waals surface area (Å²) < 4.78 is 0. The van der Waals surface area contributed by atoms with Crippen LogP contribution in [-0.4, -0.2) is 15.1 Å². The van der Waals surface area contributed by atoms with E-state index in [2.05, 4.69) is 9.97 Å². The third-order valence-corrected chi connectivity index (χ3v) is 3.79. The number of hydrogen-bond donors (Lipinski definition) is 2. The van der Waals surface area contributed by atoms with Crippen molar-refractivity contribution in [3.63, 3.8) is 0 Å². The molecule has 0 amide bonds. The highest BCUT2D eigenvalue weighted by atomic mass is 16.3. The number of para-hydroxylation sites is 1. The highest BCUT2D eigenvalue weighted by Crippen LogP contribution is 2.25. The number of aliphatic hydroxyl groups is 1. The number of hydrogen-bond acceptors (Lipinski definition) is 2. The van der Waals surface area contributed by atoms with Gasteiger partial charge in [0, 0.05) is 17.1 Å². The van der Waals surface area contributed by atoms with Crippen molar-refractivity contribution in [1.82, 2.24) is 9.97 Å². The van der Waals surface area contributed by atoms with Gasteiger partial charge in [-0.1, -0.05) is 30.3 Å². The lowest BCUT2D eigenvalue weighted by Crippen LogP contribution is -2.02. The first-order valence-corrected chi connectivity index (χ1v) is 6.92. The van der Waals surface area contributed by atoms with E-state index in [4.69, 9.17) is 0 Å². The molecule has 102 valence electrons. The number of rotatable bonds is 2. The number of pyridine rings is 1. The Morgan fingerprint density at radius 3 is 2.76 bits per heavy atom. The van der Waals surface area contributed by atoms with E-state index >= 15 is 0 Å². The van der Waals surface area contributed by atoms with E-state index in [0.717, 1.165) is 27.4 Å². The zero-order chi connectivity index (χ0) is 14.2. The summed E-state index contributed by atoms with van der Waals surface area (Å²) in [4.78, 5) is 7.71. The van der Waals surface area contributed by atoms with Crippen LogP contribution in [0.15, 0.2) is 66.9 Å². The Hall–Kier alpha value is -2.65. The highest BCUT2D eigenvalue weighted by molar-refractivity contribution is 5.80. The molecule has 0 saturated carbocycles. The number of nitrogens with one attached hydrogen (secondary N) is 1. The van der Waals surface area contributed by atoms with Gasteiger partial charge in [0.05, 0.1) is 11.2 Å². The van der Waals surface area contributed by atoms with Crippen LogP contribution in [0.3, 0.4) is 0 Å². The summed E-state index contributed by atoms with van der Waals surface area (Å²) >= 11 is 0. The van der Waals surface area contributed by atoms with Gasteiger partial charge in [0.2, 0.25) is 0 Å².